The Bertz CT molecular complexity index is 661. The molecule has 3 nitrogen and oxygen atoms in total. The minimum atomic E-state index is 0.170. The Morgan fingerprint density at radius 2 is 2.10 bits per heavy atom. The largest absolute Gasteiger partial charge is 0.369 e. The summed E-state index contributed by atoms with van der Waals surface area (Å²) in [4.78, 5) is 7.80. The molecule has 0 aliphatic carbocycles. The van der Waals surface area contributed by atoms with Crippen molar-refractivity contribution in [3.05, 3.63) is 49.0 Å². The minimum absolute atomic E-state index is 0.170. The number of hydrogen-bond acceptors (Lipinski definition) is 4. The molecular weight excluding hydrogens is 402 g/mol. The molecule has 0 spiro atoms. The molecule has 0 radical (unpaired) electrons. The molecule has 3 rings (SSSR count). The normalized spacial score (nSPS) is 18.4. The van der Waals surface area contributed by atoms with Crippen molar-refractivity contribution in [2.75, 3.05) is 11.4 Å². The lowest BCUT2D eigenvalue weighted by Gasteiger charge is -2.27. The van der Waals surface area contributed by atoms with E-state index in [1.54, 1.807) is 11.3 Å². The lowest BCUT2D eigenvalue weighted by molar-refractivity contribution is 0.782. The zero-order chi connectivity index (χ0) is 14.3. The smallest absolute Gasteiger partial charge is 0.196 e. The zero-order valence-corrected chi connectivity index (χ0v) is 14.8. The maximum Gasteiger partial charge on any atom is 0.196 e. The Hall–Kier alpha value is -0.850. The molecule has 1 unspecified atom stereocenters. The van der Waals surface area contributed by atoms with Crippen LogP contribution in [0.3, 0.4) is 0 Å². The summed E-state index contributed by atoms with van der Waals surface area (Å²) in [5.41, 5.74) is 8.43. The summed E-state index contributed by atoms with van der Waals surface area (Å²) >= 11 is 8.82. The molecule has 0 amide bonds. The van der Waals surface area contributed by atoms with Gasteiger partial charge in [0.15, 0.2) is 5.96 Å². The van der Waals surface area contributed by atoms with E-state index in [-0.39, 0.29) is 6.04 Å². The number of nitrogens with zero attached hydrogens (tertiary/aromatic N) is 2. The topological polar surface area (TPSA) is 41.6 Å². The summed E-state index contributed by atoms with van der Waals surface area (Å²) in [6.07, 6.45) is 0. The maximum absolute atomic E-state index is 6.11. The van der Waals surface area contributed by atoms with E-state index < -0.39 is 0 Å². The number of rotatable bonds is 2. The first-order valence-electron chi connectivity index (χ1n) is 6.17. The van der Waals surface area contributed by atoms with Crippen LogP contribution in [-0.2, 0) is 0 Å². The molecule has 1 aromatic heterocycles. The van der Waals surface area contributed by atoms with Crippen LogP contribution in [0, 0.1) is 6.92 Å². The molecule has 0 saturated carbocycles. The van der Waals surface area contributed by atoms with E-state index in [0.717, 1.165) is 13.9 Å². The van der Waals surface area contributed by atoms with Crippen LogP contribution < -0.4 is 10.6 Å². The van der Waals surface area contributed by atoms with Crippen molar-refractivity contribution in [1.82, 2.24) is 0 Å². The van der Waals surface area contributed by atoms with Crippen LogP contribution in [-0.4, -0.2) is 12.5 Å². The van der Waals surface area contributed by atoms with E-state index in [4.69, 9.17) is 5.73 Å². The second-order valence-electron chi connectivity index (χ2n) is 4.64. The van der Waals surface area contributed by atoms with Crippen molar-refractivity contribution in [2.24, 2.45) is 10.7 Å². The van der Waals surface area contributed by atoms with Crippen molar-refractivity contribution in [2.45, 2.75) is 13.0 Å². The van der Waals surface area contributed by atoms with E-state index >= 15 is 0 Å². The Morgan fingerprint density at radius 3 is 2.75 bits per heavy atom. The lowest BCUT2D eigenvalue weighted by Crippen LogP contribution is -2.36. The van der Waals surface area contributed by atoms with Gasteiger partial charge in [-0.1, -0.05) is 18.2 Å². The fraction of sp³-hybridized carbons (Fsp3) is 0.214. The third-order valence-corrected chi connectivity index (χ3v) is 6.71. The standard InChI is InChI=1S/C14H13Br2N3S/c1-8-4-2-3-5-10(8)19-11(7-18-14(19)17)12-6-9(15)13(16)20-12/h2-6,11H,7H2,1H3,(H2,17,18). The van der Waals surface area contributed by atoms with Gasteiger partial charge >= 0.3 is 0 Å². The Balaban J connectivity index is 2.03. The highest BCUT2D eigenvalue weighted by molar-refractivity contribution is 9.13. The third kappa shape index (κ3) is 2.40. The van der Waals surface area contributed by atoms with Gasteiger partial charge < -0.3 is 10.6 Å². The number of anilines is 1. The Morgan fingerprint density at radius 1 is 1.35 bits per heavy atom. The van der Waals surface area contributed by atoms with Crippen molar-refractivity contribution in [1.29, 1.82) is 0 Å². The first-order valence-corrected chi connectivity index (χ1v) is 8.57. The number of benzene rings is 1. The van der Waals surface area contributed by atoms with Crippen molar-refractivity contribution in [3.63, 3.8) is 0 Å². The van der Waals surface area contributed by atoms with E-state index in [1.807, 2.05) is 12.1 Å². The van der Waals surface area contributed by atoms with Crippen LogP contribution >= 0.6 is 43.2 Å². The van der Waals surface area contributed by atoms with E-state index in [9.17, 15) is 0 Å². The molecule has 2 N–H and O–H groups in total. The van der Waals surface area contributed by atoms with Gasteiger partial charge in [0, 0.05) is 15.0 Å². The predicted octanol–water partition coefficient (Wildman–Crippen LogP) is 4.46. The first-order chi connectivity index (χ1) is 9.58. The van der Waals surface area contributed by atoms with Crippen LogP contribution in [0.2, 0.25) is 0 Å². The lowest BCUT2D eigenvalue weighted by atomic mass is 10.1. The second kappa shape index (κ2) is 5.50. The Kier molecular flexibility index (Phi) is 3.88. The predicted molar refractivity (Wildman–Crippen MR) is 92.6 cm³/mol. The highest BCUT2D eigenvalue weighted by Crippen LogP contribution is 2.40. The van der Waals surface area contributed by atoms with E-state index in [1.165, 1.54) is 10.4 Å². The number of thiophene rings is 1. The number of aryl methyl sites for hydroxylation is 1. The number of para-hydroxylation sites is 1. The average Bonchev–Trinajstić information content (AvgIpc) is 2.94. The van der Waals surface area contributed by atoms with E-state index in [0.29, 0.717) is 12.5 Å². The quantitative estimate of drug-likeness (QED) is 0.788. The SMILES string of the molecule is Cc1ccccc1N1C(N)=NCC1c1cc(Br)c(Br)s1. The molecule has 1 aliphatic rings. The molecule has 0 saturated heterocycles. The van der Waals surface area contributed by atoms with Gasteiger partial charge in [0.05, 0.1) is 16.4 Å². The summed E-state index contributed by atoms with van der Waals surface area (Å²) in [6.45, 7) is 2.79. The summed E-state index contributed by atoms with van der Waals surface area (Å²) in [5, 5.41) is 0. The van der Waals surface area contributed by atoms with Crippen molar-refractivity contribution >= 4 is 54.8 Å². The zero-order valence-electron chi connectivity index (χ0n) is 10.8. The molecule has 1 aliphatic heterocycles. The highest BCUT2D eigenvalue weighted by Gasteiger charge is 2.31. The van der Waals surface area contributed by atoms with Crippen LogP contribution in [0.15, 0.2) is 43.6 Å². The van der Waals surface area contributed by atoms with Gasteiger partial charge in [-0.2, -0.15) is 0 Å². The van der Waals surface area contributed by atoms with Gasteiger partial charge in [-0.15, -0.1) is 11.3 Å². The summed E-state index contributed by atoms with van der Waals surface area (Å²) in [6, 6.07) is 10.6. The number of hydrogen-bond donors (Lipinski definition) is 1. The van der Waals surface area contributed by atoms with Crippen LogP contribution in [0.1, 0.15) is 16.5 Å². The minimum Gasteiger partial charge on any atom is -0.369 e. The van der Waals surface area contributed by atoms with Crippen LogP contribution in [0.25, 0.3) is 0 Å². The van der Waals surface area contributed by atoms with Crippen LogP contribution in [0.5, 0.6) is 0 Å². The molecule has 104 valence electrons. The van der Waals surface area contributed by atoms with E-state index in [2.05, 4.69) is 66.9 Å². The number of halogens is 2. The van der Waals surface area contributed by atoms with Gasteiger partial charge in [-0.25, -0.2) is 0 Å². The average molecular weight is 415 g/mol. The molecule has 0 bridgehead atoms. The van der Waals surface area contributed by atoms with Crippen molar-refractivity contribution < 1.29 is 0 Å². The maximum atomic E-state index is 6.11. The Labute approximate surface area is 138 Å². The highest BCUT2D eigenvalue weighted by atomic mass is 79.9. The van der Waals surface area contributed by atoms with Gasteiger partial charge in [0.1, 0.15) is 0 Å². The fourth-order valence-corrected chi connectivity index (χ4v) is 4.54. The molecule has 6 heteroatoms. The van der Waals surface area contributed by atoms with Gasteiger partial charge in [0.25, 0.3) is 0 Å². The summed E-state index contributed by atoms with van der Waals surface area (Å²) < 4.78 is 2.18. The van der Waals surface area contributed by atoms with Gasteiger partial charge in [0.2, 0.25) is 0 Å². The third-order valence-electron chi connectivity index (χ3n) is 3.35. The van der Waals surface area contributed by atoms with Crippen LogP contribution in [0.4, 0.5) is 5.69 Å². The monoisotopic (exact) mass is 413 g/mol. The molecule has 2 heterocycles. The molecule has 0 fully saturated rings. The fourth-order valence-electron chi connectivity index (χ4n) is 2.37. The van der Waals surface area contributed by atoms with Crippen molar-refractivity contribution in [3.8, 4) is 0 Å². The molecular formula is C14H13Br2N3S. The first kappa shape index (κ1) is 14.1. The number of guanidine groups is 1. The molecule has 20 heavy (non-hydrogen) atoms. The molecule has 1 aromatic carbocycles. The molecule has 1 atom stereocenters. The number of aliphatic imine (C=N–C) groups is 1. The number of nitrogens with two attached hydrogens (primary N) is 1. The van der Waals surface area contributed by atoms with Gasteiger partial charge in [-0.05, 0) is 56.5 Å². The summed E-state index contributed by atoms with van der Waals surface area (Å²) in [5.74, 6) is 0.588. The second-order valence-corrected chi connectivity index (χ2v) is 7.90. The van der Waals surface area contributed by atoms with Gasteiger partial charge in [-0.3, -0.25) is 4.99 Å². The summed E-state index contributed by atoms with van der Waals surface area (Å²) in [7, 11) is 0. The molecule has 2 aromatic rings.